The zero-order valence-electron chi connectivity index (χ0n) is 11.6. The summed E-state index contributed by atoms with van der Waals surface area (Å²) in [6.45, 7) is 8.01. The first-order valence-electron chi connectivity index (χ1n) is 6.95. The predicted octanol–water partition coefficient (Wildman–Crippen LogP) is 2.35. The fourth-order valence-electron chi connectivity index (χ4n) is 2.66. The van der Waals surface area contributed by atoms with Gasteiger partial charge in [0.2, 0.25) is 0 Å². The first-order chi connectivity index (χ1) is 8.21. The Labute approximate surface area is 106 Å². The van der Waals surface area contributed by atoms with E-state index in [-0.39, 0.29) is 5.92 Å². The van der Waals surface area contributed by atoms with Crippen molar-refractivity contribution < 1.29 is 9.53 Å². The van der Waals surface area contributed by atoms with Gasteiger partial charge in [0.05, 0.1) is 6.61 Å². The molecule has 2 atom stereocenters. The van der Waals surface area contributed by atoms with E-state index < -0.39 is 0 Å². The minimum absolute atomic E-state index is 0.269. The minimum Gasteiger partial charge on any atom is -0.383 e. The average Bonchev–Trinajstić information content (AvgIpc) is 2.36. The number of likely N-dealkylation sites (N-methyl/N-ethyl adjacent to an activating group) is 1. The highest BCUT2D eigenvalue weighted by Gasteiger charge is 2.28. The van der Waals surface area contributed by atoms with Crippen LogP contribution in [0.15, 0.2) is 0 Å². The molecule has 1 aliphatic carbocycles. The van der Waals surface area contributed by atoms with Crippen molar-refractivity contribution in [3.05, 3.63) is 0 Å². The molecular formula is C14H27NO2. The quantitative estimate of drug-likeness (QED) is 0.685. The van der Waals surface area contributed by atoms with Gasteiger partial charge in [-0.2, -0.15) is 0 Å². The van der Waals surface area contributed by atoms with Crippen molar-refractivity contribution >= 4 is 5.78 Å². The minimum atomic E-state index is 0.269. The largest absolute Gasteiger partial charge is 0.383 e. The van der Waals surface area contributed by atoms with Gasteiger partial charge in [-0.15, -0.1) is 0 Å². The second-order valence-corrected chi connectivity index (χ2v) is 5.10. The molecule has 0 saturated heterocycles. The fourth-order valence-corrected chi connectivity index (χ4v) is 2.66. The summed E-state index contributed by atoms with van der Waals surface area (Å²) in [6, 6.07) is 0. The molecule has 0 aromatic rings. The van der Waals surface area contributed by atoms with Crippen LogP contribution in [0.2, 0.25) is 0 Å². The third-order valence-corrected chi connectivity index (χ3v) is 3.99. The maximum Gasteiger partial charge on any atom is 0.137 e. The summed E-state index contributed by atoms with van der Waals surface area (Å²) in [6.07, 6.45) is 4.22. The number of methoxy groups -OCH3 is 1. The fraction of sp³-hybridized carbons (Fsp3) is 0.929. The number of hydrogen-bond acceptors (Lipinski definition) is 3. The molecule has 100 valence electrons. The summed E-state index contributed by atoms with van der Waals surface area (Å²) in [5, 5.41) is 0. The predicted molar refractivity (Wildman–Crippen MR) is 70.1 cm³/mol. The summed E-state index contributed by atoms with van der Waals surface area (Å²) < 4.78 is 5.11. The highest BCUT2D eigenvalue weighted by molar-refractivity contribution is 5.81. The Hall–Kier alpha value is -0.410. The summed E-state index contributed by atoms with van der Waals surface area (Å²) >= 11 is 0. The van der Waals surface area contributed by atoms with E-state index in [1.54, 1.807) is 7.11 Å². The molecule has 3 heteroatoms. The number of ether oxygens (including phenoxy) is 1. The second kappa shape index (κ2) is 7.83. The van der Waals surface area contributed by atoms with Crippen molar-refractivity contribution in [3.63, 3.8) is 0 Å². The van der Waals surface area contributed by atoms with E-state index in [0.29, 0.717) is 5.78 Å². The highest BCUT2D eigenvalue weighted by Crippen LogP contribution is 2.29. The molecule has 0 aromatic heterocycles. The third kappa shape index (κ3) is 4.76. The number of carbonyl (C=O) groups is 1. The van der Waals surface area contributed by atoms with E-state index in [9.17, 15) is 4.79 Å². The van der Waals surface area contributed by atoms with Crippen LogP contribution in [0.3, 0.4) is 0 Å². The van der Waals surface area contributed by atoms with Crippen LogP contribution in [0.4, 0.5) is 0 Å². The van der Waals surface area contributed by atoms with Gasteiger partial charge in [0.1, 0.15) is 5.78 Å². The molecule has 2 unspecified atom stereocenters. The van der Waals surface area contributed by atoms with Gasteiger partial charge in [0.15, 0.2) is 0 Å². The van der Waals surface area contributed by atoms with Gasteiger partial charge >= 0.3 is 0 Å². The lowest BCUT2D eigenvalue weighted by Crippen LogP contribution is -2.38. The van der Waals surface area contributed by atoms with Crippen LogP contribution in [0, 0.1) is 11.8 Å². The van der Waals surface area contributed by atoms with E-state index in [1.807, 2.05) is 0 Å². The zero-order chi connectivity index (χ0) is 12.7. The number of ketones is 1. The molecule has 1 fully saturated rings. The Kier molecular flexibility index (Phi) is 6.75. The van der Waals surface area contributed by atoms with Gasteiger partial charge < -0.3 is 9.64 Å². The van der Waals surface area contributed by atoms with E-state index in [2.05, 4.69) is 18.7 Å². The first kappa shape index (κ1) is 14.7. The molecule has 17 heavy (non-hydrogen) atoms. The number of Topliss-reactive ketones (excluding diaryl/α,β-unsaturated/α-hetero) is 1. The van der Waals surface area contributed by atoms with Crippen LogP contribution in [-0.2, 0) is 9.53 Å². The number of rotatable bonds is 7. The number of hydrogen-bond donors (Lipinski definition) is 0. The van der Waals surface area contributed by atoms with Crippen molar-refractivity contribution in [2.75, 3.05) is 33.4 Å². The van der Waals surface area contributed by atoms with E-state index in [1.165, 1.54) is 6.42 Å². The molecule has 0 amide bonds. The Morgan fingerprint density at radius 3 is 2.76 bits per heavy atom. The zero-order valence-corrected chi connectivity index (χ0v) is 11.6. The molecule has 0 N–H and O–H groups in total. The van der Waals surface area contributed by atoms with Gasteiger partial charge in [-0.1, -0.05) is 20.3 Å². The van der Waals surface area contributed by atoms with Gasteiger partial charge in [0.25, 0.3) is 0 Å². The molecule has 0 spiro atoms. The highest BCUT2D eigenvalue weighted by atomic mass is 16.5. The van der Waals surface area contributed by atoms with Gasteiger partial charge in [-0.3, -0.25) is 4.79 Å². The van der Waals surface area contributed by atoms with E-state index in [0.717, 1.165) is 51.4 Å². The van der Waals surface area contributed by atoms with Gasteiger partial charge in [0, 0.05) is 32.5 Å². The lowest BCUT2D eigenvalue weighted by atomic mass is 9.79. The van der Waals surface area contributed by atoms with Crippen molar-refractivity contribution in [1.82, 2.24) is 4.90 Å². The van der Waals surface area contributed by atoms with Crippen LogP contribution in [0.1, 0.15) is 39.5 Å². The molecular weight excluding hydrogens is 214 g/mol. The van der Waals surface area contributed by atoms with Crippen molar-refractivity contribution in [3.8, 4) is 0 Å². The summed E-state index contributed by atoms with van der Waals surface area (Å²) in [5.41, 5.74) is 0. The molecule has 0 heterocycles. The van der Waals surface area contributed by atoms with Crippen LogP contribution in [0.25, 0.3) is 0 Å². The van der Waals surface area contributed by atoms with E-state index >= 15 is 0 Å². The number of carbonyl (C=O) groups excluding carboxylic acids is 1. The topological polar surface area (TPSA) is 29.5 Å². The number of nitrogens with zero attached hydrogens (tertiary/aromatic N) is 1. The molecule has 1 saturated carbocycles. The maximum atomic E-state index is 11.9. The lowest BCUT2D eigenvalue weighted by molar-refractivity contribution is -0.126. The van der Waals surface area contributed by atoms with Gasteiger partial charge in [-0.25, -0.2) is 0 Å². The molecule has 0 radical (unpaired) electrons. The van der Waals surface area contributed by atoms with Crippen LogP contribution >= 0.6 is 0 Å². The molecule has 0 aromatic carbocycles. The normalized spacial score (nSPS) is 25.5. The van der Waals surface area contributed by atoms with Crippen molar-refractivity contribution in [2.24, 2.45) is 11.8 Å². The third-order valence-electron chi connectivity index (χ3n) is 3.99. The Morgan fingerprint density at radius 2 is 2.18 bits per heavy atom. The van der Waals surface area contributed by atoms with Crippen LogP contribution < -0.4 is 0 Å². The van der Waals surface area contributed by atoms with Crippen molar-refractivity contribution in [2.45, 2.75) is 39.5 Å². The Bertz CT molecular complexity index is 230. The Morgan fingerprint density at radius 1 is 1.41 bits per heavy atom. The molecule has 0 bridgehead atoms. The summed E-state index contributed by atoms with van der Waals surface area (Å²) in [5.74, 6) is 1.51. The van der Waals surface area contributed by atoms with E-state index in [4.69, 9.17) is 4.74 Å². The first-order valence-corrected chi connectivity index (χ1v) is 6.95. The molecule has 1 aliphatic rings. The molecule has 0 aliphatic heterocycles. The SMILES string of the molecule is CCC1CCC(=O)C(CN(CC)CCOC)C1. The molecule has 1 rings (SSSR count). The monoisotopic (exact) mass is 241 g/mol. The summed E-state index contributed by atoms with van der Waals surface area (Å²) in [7, 11) is 1.73. The van der Waals surface area contributed by atoms with Crippen LogP contribution in [0.5, 0.6) is 0 Å². The maximum absolute atomic E-state index is 11.9. The molecule has 3 nitrogen and oxygen atoms in total. The smallest absolute Gasteiger partial charge is 0.137 e. The second-order valence-electron chi connectivity index (χ2n) is 5.10. The van der Waals surface area contributed by atoms with Crippen molar-refractivity contribution in [1.29, 1.82) is 0 Å². The van der Waals surface area contributed by atoms with Gasteiger partial charge in [-0.05, 0) is 25.3 Å². The van der Waals surface area contributed by atoms with Crippen LogP contribution in [-0.4, -0.2) is 44.0 Å². The Balaban J connectivity index is 2.43. The summed E-state index contributed by atoms with van der Waals surface area (Å²) in [4.78, 5) is 14.3. The average molecular weight is 241 g/mol. The standard InChI is InChI=1S/C14H27NO2/c1-4-12-6-7-14(16)13(10-12)11-15(5-2)8-9-17-3/h12-13H,4-11H2,1-3H3. The lowest BCUT2D eigenvalue weighted by Gasteiger charge is -2.31.